The van der Waals surface area contributed by atoms with Crippen LogP contribution in [-0.2, 0) is 9.47 Å². The zero-order valence-corrected chi connectivity index (χ0v) is 8.50. The zero-order valence-electron chi connectivity index (χ0n) is 8.50. The van der Waals surface area contributed by atoms with E-state index in [1.165, 1.54) is 32.1 Å². The first-order chi connectivity index (χ1) is 6.87. The summed E-state index contributed by atoms with van der Waals surface area (Å²) in [4.78, 5) is 0. The van der Waals surface area contributed by atoms with Crippen LogP contribution < -0.4 is 0 Å². The van der Waals surface area contributed by atoms with Crippen LogP contribution in [0.4, 0.5) is 0 Å². The van der Waals surface area contributed by atoms with Crippen LogP contribution in [-0.4, -0.2) is 19.0 Å². The van der Waals surface area contributed by atoms with E-state index in [2.05, 4.69) is 0 Å². The van der Waals surface area contributed by atoms with Crippen molar-refractivity contribution in [1.82, 2.24) is 0 Å². The van der Waals surface area contributed by atoms with Gasteiger partial charge in [-0.2, -0.15) is 0 Å². The first-order valence-electron chi connectivity index (χ1n) is 5.98. The van der Waals surface area contributed by atoms with Crippen molar-refractivity contribution < 1.29 is 9.47 Å². The summed E-state index contributed by atoms with van der Waals surface area (Å²) < 4.78 is 12.0. The van der Waals surface area contributed by atoms with Gasteiger partial charge in [-0.15, -0.1) is 0 Å². The molecule has 2 nitrogen and oxygen atoms in total. The van der Waals surface area contributed by atoms with Crippen molar-refractivity contribution in [2.24, 2.45) is 17.8 Å². The van der Waals surface area contributed by atoms with Gasteiger partial charge in [-0.05, 0) is 43.9 Å². The first kappa shape index (κ1) is 8.12. The monoisotopic (exact) mass is 193 g/mol. The molecule has 3 atom stereocenters. The molecule has 1 heterocycles. The fourth-order valence-corrected chi connectivity index (χ4v) is 4.45. The summed E-state index contributed by atoms with van der Waals surface area (Å²) in [6, 6.07) is 0. The molecule has 1 saturated heterocycles. The Bertz CT molecular complexity index is 225. The minimum Gasteiger partial charge on any atom is -0.347 e. The van der Waals surface area contributed by atoms with Gasteiger partial charge >= 0.3 is 0 Å². The molecule has 4 saturated carbocycles. The van der Waals surface area contributed by atoms with Gasteiger partial charge in [0.15, 0.2) is 5.79 Å². The molecule has 1 unspecified atom stereocenters. The second-order valence-corrected chi connectivity index (χ2v) is 5.51. The summed E-state index contributed by atoms with van der Waals surface area (Å²) in [5, 5.41) is 0. The molecule has 2 heteroatoms. The number of rotatable bonds is 0. The molecule has 0 aromatic heterocycles. The van der Waals surface area contributed by atoms with Gasteiger partial charge in [-0.1, -0.05) is 0 Å². The molecule has 5 rings (SSSR count). The molecular weight excluding hydrogens is 176 g/mol. The largest absolute Gasteiger partial charge is 0.347 e. The van der Waals surface area contributed by atoms with Crippen molar-refractivity contribution in [1.29, 1.82) is 0 Å². The van der Waals surface area contributed by atoms with Gasteiger partial charge < -0.3 is 9.47 Å². The van der Waals surface area contributed by atoms with Gasteiger partial charge in [0.1, 0.15) is 0 Å². The maximum Gasteiger partial charge on any atom is 0.174 e. The van der Waals surface area contributed by atoms with Crippen molar-refractivity contribution in [2.75, 3.05) is 13.2 Å². The predicted octanol–water partition coefficient (Wildman–Crippen LogP) is 2.14. The summed E-state index contributed by atoms with van der Waals surface area (Å²) in [7, 11) is 0. The maximum absolute atomic E-state index is 5.98. The Labute approximate surface area is 85.0 Å². The van der Waals surface area contributed by atoms with Crippen LogP contribution in [0.15, 0.2) is 0 Å². The van der Waals surface area contributed by atoms with Crippen LogP contribution in [0, 0.1) is 23.7 Å². The molecule has 0 amide bonds. The normalized spacial score (nSPS) is 49.3. The summed E-state index contributed by atoms with van der Waals surface area (Å²) in [5.41, 5.74) is 0. The molecular formula is C12H17O2. The van der Waals surface area contributed by atoms with E-state index in [0.717, 1.165) is 19.1 Å². The van der Waals surface area contributed by atoms with Gasteiger partial charge in [-0.25, -0.2) is 0 Å². The van der Waals surface area contributed by atoms with Crippen molar-refractivity contribution in [3.05, 3.63) is 5.92 Å². The Balaban J connectivity index is 1.73. The van der Waals surface area contributed by atoms with Crippen molar-refractivity contribution >= 4 is 0 Å². The van der Waals surface area contributed by atoms with Gasteiger partial charge in [0.05, 0.1) is 13.2 Å². The Morgan fingerprint density at radius 3 is 2.14 bits per heavy atom. The average Bonchev–Trinajstić information content (AvgIpc) is 2.63. The fourth-order valence-electron chi connectivity index (χ4n) is 4.45. The molecule has 0 N–H and O–H groups in total. The SMILES string of the molecule is C1COC2(O1)[C@@H]1C[C]3CC(C1)C[C@@H]2C3. The summed E-state index contributed by atoms with van der Waals surface area (Å²) in [6.07, 6.45) is 6.74. The van der Waals surface area contributed by atoms with E-state index in [9.17, 15) is 0 Å². The van der Waals surface area contributed by atoms with Gasteiger partial charge in [0, 0.05) is 11.8 Å². The predicted molar refractivity (Wildman–Crippen MR) is 51.4 cm³/mol. The number of hydrogen-bond donors (Lipinski definition) is 0. The van der Waals surface area contributed by atoms with Crippen LogP contribution in [0.3, 0.4) is 0 Å². The molecule has 4 aliphatic carbocycles. The number of hydrogen-bond acceptors (Lipinski definition) is 2. The molecule has 5 aliphatic rings. The summed E-state index contributed by atoms with van der Waals surface area (Å²) >= 11 is 0. The number of ether oxygens (including phenoxy) is 2. The van der Waals surface area contributed by atoms with Crippen molar-refractivity contribution in [2.45, 2.75) is 37.9 Å². The lowest BCUT2D eigenvalue weighted by atomic mass is 9.53. The average molecular weight is 193 g/mol. The lowest BCUT2D eigenvalue weighted by Gasteiger charge is -2.57. The molecule has 77 valence electrons. The van der Waals surface area contributed by atoms with E-state index in [4.69, 9.17) is 9.47 Å². The highest BCUT2D eigenvalue weighted by Gasteiger charge is 2.60. The van der Waals surface area contributed by atoms with Crippen LogP contribution in [0.2, 0.25) is 0 Å². The Kier molecular flexibility index (Phi) is 1.47. The van der Waals surface area contributed by atoms with Gasteiger partial charge in [0.25, 0.3) is 0 Å². The van der Waals surface area contributed by atoms with E-state index in [-0.39, 0.29) is 5.79 Å². The minimum absolute atomic E-state index is 0.125. The lowest BCUT2D eigenvalue weighted by Crippen LogP contribution is -2.57. The van der Waals surface area contributed by atoms with Crippen LogP contribution in [0.1, 0.15) is 32.1 Å². The van der Waals surface area contributed by atoms with Crippen molar-refractivity contribution in [3.63, 3.8) is 0 Å². The molecule has 0 aromatic rings. The molecule has 1 radical (unpaired) electrons. The highest BCUT2D eigenvalue weighted by Crippen LogP contribution is 2.61. The van der Waals surface area contributed by atoms with Crippen molar-refractivity contribution in [3.8, 4) is 0 Å². The molecule has 1 aliphatic heterocycles. The van der Waals surface area contributed by atoms with E-state index in [0.29, 0.717) is 11.8 Å². The van der Waals surface area contributed by atoms with Gasteiger partial charge in [-0.3, -0.25) is 0 Å². The van der Waals surface area contributed by atoms with E-state index < -0.39 is 0 Å². The third-order valence-corrected chi connectivity index (χ3v) is 4.76. The highest BCUT2D eigenvalue weighted by atomic mass is 16.7. The standard InChI is InChI=1S/C12H17O2/c1-2-14-12(13-1)10-4-8-3-9(6-10)7-11(12)5-8/h8,10-11H,1-7H2/t8?,10-,11+. The van der Waals surface area contributed by atoms with E-state index in [1.54, 1.807) is 0 Å². The zero-order chi connectivity index (χ0) is 9.17. The maximum atomic E-state index is 5.98. The van der Waals surface area contributed by atoms with Crippen LogP contribution in [0.5, 0.6) is 0 Å². The molecule has 0 aromatic carbocycles. The second kappa shape index (κ2) is 2.53. The van der Waals surface area contributed by atoms with Crippen LogP contribution in [0.25, 0.3) is 0 Å². The third kappa shape index (κ3) is 0.849. The third-order valence-electron chi connectivity index (χ3n) is 4.76. The Hall–Kier alpha value is -0.0800. The van der Waals surface area contributed by atoms with Gasteiger partial charge in [0.2, 0.25) is 0 Å². The Morgan fingerprint density at radius 2 is 1.57 bits per heavy atom. The molecule has 14 heavy (non-hydrogen) atoms. The fraction of sp³-hybridized carbons (Fsp3) is 0.917. The van der Waals surface area contributed by atoms with E-state index >= 15 is 0 Å². The quantitative estimate of drug-likeness (QED) is 0.587. The summed E-state index contributed by atoms with van der Waals surface area (Å²) in [5.74, 6) is 4.06. The molecule has 5 fully saturated rings. The first-order valence-corrected chi connectivity index (χ1v) is 5.98. The topological polar surface area (TPSA) is 18.5 Å². The molecule has 4 bridgehead atoms. The highest BCUT2D eigenvalue weighted by molar-refractivity contribution is 5.15. The van der Waals surface area contributed by atoms with Crippen LogP contribution >= 0.6 is 0 Å². The smallest absolute Gasteiger partial charge is 0.174 e. The van der Waals surface area contributed by atoms with E-state index in [1.807, 2.05) is 5.92 Å². The Morgan fingerprint density at radius 1 is 0.929 bits per heavy atom. The summed E-state index contributed by atoms with van der Waals surface area (Å²) in [6.45, 7) is 1.65. The second-order valence-electron chi connectivity index (χ2n) is 5.51. The lowest BCUT2D eigenvalue weighted by molar-refractivity contribution is -0.272. The molecule has 1 spiro atoms. The minimum atomic E-state index is -0.125.